The lowest BCUT2D eigenvalue weighted by Crippen LogP contribution is -2.45. The SMILES string of the molecule is C/C=C/CC/C=C/CC/C=C/C(O)C(COP(=O)(O)OCC[N+](C)(C)C)NC(=O)CCCCC/C=C\CCCCCCCC. The van der Waals surface area contributed by atoms with Crippen LogP contribution in [0.4, 0.5) is 0 Å². The maximum atomic E-state index is 12.7. The fraction of sp³-hybridized carbons (Fsp3) is 0.743. The summed E-state index contributed by atoms with van der Waals surface area (Å²) in [4.78, 5) is 22.8. The summed E-state index contributed by atoms with van der Waals surface area (Å²) in [5, 5.41) is 13.6. The van der Waals surface area contributed by atoms with E-state index in [4.69, 9.17) is 9.05 Å². The van der Waals surface area contributed by atoms with E-state index in [2.05, 4.69) is 42.6 Å². The topological polar surface area (TPSA) is 105 Å². The highest BCUT2D eigenvalue weighted by molar-refractivity contribution is 7.47. The minimum absolute atomic E-state index is 0.0489. The number of hydrogen-bond acceptors (Lipinski definition) is 5. The van der Waals surface area contributed by atoms with Gasteiger partial charge in [-0.1, -0.05) is 94.1 Å². The van der Waals surface area contributed by atoms with Crippen molar-refractivity contribution in [2.75, 3.05) is 40.9 Å². The van der Waals surface area contributed by atoms with Crippen LogP contribution >= 0.6 is 7.82 Å². The molecule has 44 heavy (non-hydrogen) atoms. The van der Waals surface area contributed by atoms with Gasteiger partial charge in [0.2, 0.25) is 5.91 Å². The van der Waals surface area contributed by atoms with Crippen molar-refractivity contribution in [2.45, 2.75) is 129 Å². The summed E-state index contributed by atoms with van der Waals surface area (Å²) in [6, 6.07) is -0.873. The van der Waals surface area contributed by atoms with Gasteiger partial charge in [0, 0.05) is 6.42 Å². The third-order valence-corrected chi connectivity index (χ3v) is 8.08. The van der Waals surface area contributed by atoms with Crippen molar-refractivity contribution >= 4 is 13.7 Å². The summed E-state index contributed by atoms with van der Waals surface area (Å²) in [5.41, 5.74) is 0. The van der Waals surface area contributed by atoms with Crippen LogP contribution in [0, 0.1) is 0 Å². The Bertz CT molecular complexity index is 866. The van der Waals surface area contributed by atoms with Crippen molar-refractivity contribution in [3.8, 4) is 0 Å². The van der Waals surface area contributed by atoms with Crippen LogP contribution in [0.15, 0.2) is 48.6 Å². The molecule has 0 spiro atoms. The average molecular weight is 642 g/mol. The molecule has 0 aromatic carbocycles. The van der Waals surface area contributed by atoms with Gasteiger partial charge in [0.05, 0.1) is 39.9 Å². The molecule has 0 aromatic heterocycles. The van der Waals surface area contributed by atoms with Crippen LogP contribution in [0.1, 0.15) is 117 Å². The first-order valence-electron chi connectivity index (χ1n) is 17.0. The highest BCUT2D eigenvalue weighted by Crippen LogP contribution is 2.43. The molecule has 0 rings (SSSR count). The number of phosphoric ester groups is 1. The van der Waals surface area contributed by atoms with Crippen LogP contribution < -0.4 is 5.32 Å². The molecule has 0 fully saturated rings. The smallest absolute Gasteiger partial charge is 0.387 e. The Balaban J connectivity index is 4.66. The molecule has 9 heteroatoms. The van der Waals surface area contributed by atoms with Gasteiger partial charge in [-0.2, -0.15) is 0 Å². The number of aliphatic hydroxyl groups is 1. The van der Waals surface area contributed by atoms with Crippen LogP contribution in [0.3, 0.4) is 0 Å². The Kier molecular flexibility index (Phi) is 26.8. The number of amides is 1. The maximum Gasteiger partial charge on any atom is 0.472 e. The van der Waals surface area contributed by atoms with E-state index in [-0.39, 0.29) is 19.1 Å². The molecule has 0 saturated heterocycles. The predicted octanol–water partition coefficient (Wildman–Crippen LogP) is 8.18. The van der Waals surface area contributed by atoms with E-state index in [1.807, 2.05) is 40.2 Å². The van der Waals surface area contributed by atoms with E-state index in [0.29, 0.717) is 17.4 Å². The number of hydrogen-bond donors (Lipinski definition) is 3. The van der Waals surface area contributed by atoms with Crippen molar-refractivity contribution in [3.63, 3.8) is 0 Å². The molecule has 0 aliphatic rings. The molecule has 3 N–H and O–H groups in total. The van der Waals surface area contributed by atoms with Gasteiger partial charge in [-0.25, -0.2) is 4.57 Å². The molecule has 0 heterocycles. The van der Waals surface area contributed by atoms with Gasteiger partial charge in [-0.05, 0) is 64.7 Å². The Labute approximate surface area is 269 Å². The van der Waals surface area contributed by atoms with Gasteiger partial charge in [0.25, 0.3) is 0 Å². The van der Waals surface area contributed by atoms with Crippen molar-refractivity contribution in [2.24, 2.45) is 0 Å². The van der Waals surface area contributed by atoms with E-state index in [1.165, 1.54) is 38.5 Å². The molecule has 0 radical (unpaired) electrons. The molecule has 8 nitrogen and oxygen atoms in total. The van der Waals surface area contributed by atoms with E-state index >= 15 is 0 Å². The number of nitrogens with zero attached hydrogens (tertiary/aromatic N) is 1. The molecule has 0 aromatic rings. The van der Waals surface area contributed by atoms with Gasteiger partial charge in [0.1, 0.15) is 13.2 Å². The Morgan fingerprint density at radius 3 is 1.95 bits per heavy atom. The number of aliphatic hydroxyl groups excluding tert-OH is 1. The minimum atomic E-state index is -4.34. The van der Waals surface area contributed by atoms with Crippen molar-refractivity contribution in [1.82, 2.24) is 5.32 Å². The molecular formula is C35H66N2O6P+. The molecule has 0 aliphatic carbocycles. The minimum Gasteiger partial charge on any atom is -0.387 e. The highest BCUT2D eigenvalue weighted by Gasteiger charge is 2.27. The number of nitrogens with one attached hydrogen (secondary N) is 1. The molecule has 0 saturated carbocycles. The second-order valence-electron chi connectivity index (χ2n) is 12.5. The second kappa shape index (κ2) is 27.7. The van der Waals surface area contributed by atoms with Gasteiger partial charge in [-0.3, -0.25) is 13.8 Å². The van der Waals surface area contributed by atoms with Gasteiger partial charge >= 0.3 is 7.82 Å². The van der Waals surface area contributed by atoms with E-state index in [1.54, 1.807) is 6.08 Å². The average Bonchev–Trinajstić information content (AvgIpc) is 2.95. The zero-order valence-corrected chi connectivity index (χ0v) is 29.5. The fourth-order valence-corrected chi connectivity index (χ4v) is 5.04. The molecule has 0 bridgehead atoms. The zero-order chi connectivity index (χ0) is 32.9. The molecule has 256 valence electrons. The normalized spacial score (nSPS) is 15.5. The number of phosphoric acid groups is 1. The molecule has 0 aliphatic heterocycles. The van der Waals surface area contributed by atoms with Crippen molar-refractivity contribution in [1.29, 1.82) is 0 Å². The summed E-state index contributed by atoms with van der Waals surface area (Å²) in [6.07, 6.45) is 32.0. The monoisotopic (exact) mass is 641 g/mol. The Morgan fingerprint density at radius 2 is 1.34 bits per heavy atom. The van der Waals surface area contributed by atoms with E-state index in [9.17, 15) is 19.4 Å². The summed E-state index contributed by atoms with van der Waals surface area (Å²) in [5.74, 6) is -0.215. The maximum absolute atomic E-state index is 12.7. The fourth-order valence-electron chi connectivity index (χ4n) is 4.31. The number of rotatable bonds is 29. The number of unbranched alkanes of at least 4 members (excludes halogenated alkanes) is 11. The van der Waals surface area contributed by atoms with Crippen LogP contribution in [0.2, 0.25) is 0 Å². The van der Waals surface area contributed by atoms with Gasteiger partial charge in [0.15, 0.2) is 0 Å². The van der Waals surface area contributed by atoms with Crippen molar-refractivity contribution < 1.29 is 32.9 Å². The molecular weight excluding hydrogens is 575 g/mol. The summed E-state index contributed by atoms with van der Waals surface area (Å²) in [7, 11) is 1.52. The van der Waals surface area contributed by atoms with Crippen LogP contribution in [0.5, 0.6) is 0 Å². The molecule has 3 unspecified atom stereocenters. The van der Waals surface area contributed by atoms with Crippen molar-refractivity contribution in [3.05, 3.63) is 48.6 Å². The summed E-state index contributed by atoms with van der Waals surface area (Å²) in [6.45, 7) is 4.48. The van der Waals surface area contributed by atoms with Crippen LogP contribution in [0.25, 0.3) is 0 Å². The lowest BCUT2D eigenvalue weighted by Gasteiger charge is -2.25. The number of quaternary nitrogens is 1. The van der Waals surface area contributed by atoms with E-state index in [0.717, 1.165) is 57.8 Å². The Morgan fingerprint density at radius 1 is 0.795 bits per heavy atom. The van der Waals surface area contributed by atoms with E-state index < -0.39 is 20.0 Å². The number of likely N-dealkylation sites (N-methyl/N-ethyl adjacent to an activating group) is 1. The number of carbonyl (C=O) groups excluding carboxylic acids is 1. The lowest BCUT2D eigenvalue weighted by atomic mass is 10.1. The number of allylic oxidation sites excluding steroid dienone is 7. The summed E-state index contributed by atoms with van der Waals surface area (Å²) < 4.78 is 23.3. The third-order valence-electron chi connectivity index (χ3n) is 7.09. The largest absolute Gasteiger partial charge is 0.472 e. The third kappa shape index (κ3) is 29.2. The first-order chi connectivity index (χ1) is 21.0. The zero-order valence-electron chi connectivity index (χ0n) is 28.6. The first-order valence-corrected chi connectivity index (χ1v) is 18.5. The predicted molar refractivity (Wildman–Crippen MR) is 184 cm³/mol. The standard InChI is InChI=1S/C35H65N2O6P/c1-6-8-10-12-14-16-17-18-19-21-23-25-27-29-35(39)36-33(32-43-44(40,41)42-31-30-37(3,4)5)34(38)28-26-24-22-20-15-13-11-9-7-2/h7,9,15,18-20,26,28,33-34,38H,6,8,10-14,16-17,21-25,27,29-32H2,1-5H3,(H-,36,39,40,41)/p+1/b9-7+,19-18-,20-15+,28-26+. The van der Waals surface area contributed by atoms with Gasteiger partial charge in [-0.15, -0.1) is 0 Å². The van der Waals surface area contributed by atoms with Gasteiger partial charge < -0.3 is 19.8 Å². The number of carbonyl (C=O) groups is 1. The second-order valence-corrected chi connectivity index (χ2v) is 14.0. The summed E-state index contributed by atoms with van der Waals surface area (Å²) >= 11 is 0. The quantitative estimate of drug-likeness (QED) is 0.0329. The lowest BCUT2D eigenvalue weighted by molar-refractivity contribution is -0.870. The van der Waals surface area contributed by atoms with Crippen LogP contribution in [-0.4, -0.2) is 73.4 Å². The molecule has 1 amide bonds. The molecule has 3 atom stereocenters. The van der Waals surface area contributed by atoms with Crippen LogP contribution in [-0.2, 0) is 18.4 Å². The highest BCUT2D eigenvalue weighted by atomic mass is 31.2. The first kappa shape index (κ1) is 42.5. The Hall–Kier alpha value is -1.54.